The van der Waals surface area contributed by atoms with E-state index in [9.17, 15) is 9.59 Å². The molecule has 0 radical (unpaired) electrons. The lowest BCUT2D eigenvalue weighted by Crippen LogP contribution is -2.34. The van der Waals surface area contributed by atoms with Crippen LogP contribution in [0.5, 0.6) is 0 Å². The van der Waals surface area contributed by atoms with Crippen LogP contribution in [0.15, 0.2) is 35.7 Å². The Kier molecular flexibility index (Phi) is 4.71. The van der Waals surface area contributed by atoms with Gasteiger partial charge in [0.1, 0.15) is 0 Å². The highest BCUT2D eigenvalue weighted by Crippen LogP contribution is 2.30. The Labute approximate surface area is 146 Å². The molecule has 2 aromatic rings. The number of rotatable bonds is 4. The number of nitrogens with zero attached hydrogens (tertiary/aromatic N) is 1. The summed E-state index contributed by atoms with van der Waals surface area (Å²) in [5.74, 6) is -0.315. The van der Waals surface area contributed by atoms with Gasteiger partial charge in [-0.25, -0.2) is 0 Å². The molecule has 0 bridgehead atoms. The summed E-state index contributed by atoms with van der Waals surface area (Å²) in [6.45, 7) is 6.48. The van der Waals surface area contributed by atoms with E-state index in [2.05, 4.69) is 5.32 Å². The minimum atomic E-state index is -0.292. The van der Waals surface area contributed by atoms with Gasteiger partial charge in [0.15, 0.2) is 0 Å². The maximum Gasteiger partial charge on any atom is 0.227 e. The molecule has 0 aliphatic carbocycles. The third kappa shape index (κ3) is 3.22. The normalized spacial score (nSPS) is 18.7. The van der Waals surface area contributed by atoms with E-state index in [1.165, 1.54) is 0 Å². The molecule has 4 nitrogen and oxygen atoms in total. The molecule has 1 N–H and O–H groups in total. The quantitative estimate of drug-likeness (QED) is 0.923. The monoisotopic (exact) mass is 342 g/mol. The molecule has 1 aromatic heterocycles. The molecule has 24 heavy (non-hydrogen) atoms. The van der Waals surface area contributed by atoms with Gasteiger partial charge in [-0.1, -0.05) is 18.2 Å². The first-order valence-electron chi connectivity index (χ1n) is 8.17. The fourth-order valence-electron chi connectivity index (χ4n) is 3.08. The predicted octanol–water partition coefficient (Wildman–Crippen LogP) is 3.60. The van der Waals surface area contributed by atoms with Crippen LogP contribution in [-0.4, -0.2) is 18.4 Å². The molecule has 1 aliphatic heterocycles. The van der Waals surface area contributed by atoms with Gasteiger partial charge in [-0.2, -0.15) is 0 Å². The van der Waals surface area contributed by atoms with Gasteiger partial charge in [0.05, 0.1) is 12.0 Å². The fraction of sp³-hybridized carbons (Fsp3) is 0.368. The highest BCUT2D eigenvalue weighted by atomic mass is 32.1. The van der Waals surface area contributed by atoms with Crippen molar-refractivity contribution in [2.45, 2.75) is 33.2 Å². The number of nitrogens with one attached hydrogen (secondary N) is 1. The number of hydrogen-bond donors (Lipinski definition) is 1. The molecule has 1 aromatic carbocycles. The second-order valence-corrected chi connectivity index (χ2v) is 7.35. The molecule has 2 unspecified atom stereocenters. The van der Waals surface area contributed by atoms with Crippen molar-refractivity contribution < 1.29 is 9.59 Å². The molecule has 3 rings (SSSR count). The first kappa shape index (κ1) is 16.7. The van der Waals surface area contributed by atoms with Crippen molar-refractivity contribution >= 4 is 28.8 Å². The second kappa shape index (κ2) is 6.77. The molecule has 126 valence electrons. The first-order chi connectivity index (χ1) is 11.5. The Bertz CT molecular complexity index is 755. The van der Waals surface area contributed by atoms with Gasteiger partial charge >= 0.3 is 0 Å². The number of carbonyl (C=O) groups excluding carboxylic acids is 2. The maximum atomic E-state index is 12.5. The summed E-state index contributed by atoms with van der Waals surface area (Å²) in [5, 5.41) is 5.03. The van der Waals surface area contributed by atoms with Crippen molar-refractivity contribution in [3.05, 3.63) is 51.7 Å². The Morgan fingerprint density at radius 2 is 2.08 bits per heavy atom. The van der Waals surface area contributed by atoms with Crippen LogP contribution in [0.25, 0.3) is 0 Å². The highest BCUT2D eigenvalue weighted by Gasteiger charge is 2.36. The molecular formula is C19H22N2O2S. The van der Waals surface area contributed by atoms with Gasteiger partial charge in [0, 0.05) is 23.5 Å². The number of amides is 2. The van der Waals surface area contributed by atoms with Crippen LogP contribution in [0, 0.1) is 19.8 Å². The summed E-state index contributed by atoms with van der Waals surface area (Å²) < 4.78 is 0. The molecular weight excluding hydrogens is 320 g/mol. The lowest BCUT2D eigenvalue weighted by atomic mass is 10.1. The van der Waals surface area contributed by atoms with Gasteiger partial charge in [-0.3, -0.25) is 9.59 Å². The summed E-state index contributed by atoms with van der Waals surface area (Å²) in [4.78, 5) is 27.8. The minimum absolute atomic E-state index is 0.0210. The molecule has 1 fully saturated rings. The van der Waals surface area contributed by atoms with E-state index in [-0.39, 0.29) is 30.2 Å². The van der Waals surface area contributed by atoms with Crippen LogP contribution in [0.1, 0.15) is 35.4 Å². The highest BCUT2D eigenvalue weighted by molar-refractivity contribution is 7.10. The van der Waals surface area contributed by atoms with Gasteiger partial charge in [-0.05, 0) is 49.4 Å². The number of thiophene rings is 1. The molecule has 2 atom stereocenters. The van der Waals surface area contributed by atoms with E-state index in [0.717, 1.165) is 21.7 Å². The van der Waals surface area contributed by atoms with Crippen LogP contribution in [0.4, 0.5) is 5.69 Å². The number of carbonyl (C=O) groups is 2. The van der Waals surface area contributed by atoms with E-state index in [1.807, 2.05) is 56.5 Å². The van der Waals surface area contributed by atoms with Crippen LogP contribution in [0.3, 0.4) is 0 Å². The second-order valence-electron chi connectivity index (χ2n) is 6.37. The average Bonchev–Trinajstić information content (AvgIpc) is 3.20. The third-order valence-corrected chi connectivity index (χ3v) is 5.75. The van der Waals surface area contributed by atoms with E-state index in [1.54, 1.807) is 16.2 Å². The lowest BCUT2D eigenvalue weighted by Gasteiger charge is -2.20. The molecule has 0 saturated carbocycles. The minimum Gasteiger partial charge on any atom is -0.348 e. The summed E-state index contributed by atoms with van der Waals surface area (Å²) in [6.07, 6.45) is 0.274. The van der Waals surface area contributed by atoms with E-state index < -0.39 is 0 Å². The zero-order valence-electron chi connectivity index (χ0n) is 14.2. The molecule has 5 heteroatoms. The van der Waals surface area contributed by atoms with Crippen molar-refractivity contribution in [1.82, 2.24) is 5.32 Å². The largest absolute Gasteiger partial charge is 0.348 e. The first-order valence-corrected chi connectivity index (χ1v) is 9.05. The zero-order chi connectivity index (χ0) is 17.3. The molecule has 2 heterocycles. The van der Waals surface area contributed by atoms with Crippen molar-refractivity contribution in [3.8, 4) is 0 Å². The summed E-state index contributed by atoms with van der Waals surface area (Å²) in [7, 11) is 0. The Hall–Kier alpha value is -2.14. The number of hydrogen-bond acceptors (Lipinski definition) is 3. The van der Waals surface area contributed by atoms with Crippen molar-refractivity contribution in [2.24, 2.45) is 5.92 Å². The van der Waals surface area contributed by atoms with Gasteiger partial charge < -0.3 is 10.2 Å². The van der Waals surface area contributed by atoms with Crippen LogP contribution in [-0.2, 0) is 9.59 Å². The summed E-state index contributed by atoms with van der Waals surface area (Å²) in [6, 6.07) is 9.91. The van der Waals surface area contributed by atoms with Gasteiger partial charge in [0.25, 0.3) is 0 Å². The van der Waals surface area contributed by atoms with Crippen molar-refractivity contribution in [3.63, 3.8) is 0 Å². The summed E-state index contributed by atoms with van der Waals surface area (Å²) in [5.41, 5.74) is 3.17. The van der Waals surface area contributed by atoms with E-state index >= 15 is 0 Å². The number of anilines is 1. The molecule has 0 spiro atoms. The summed E-state index contributed by atoms with van der Waals surface area (Å²) >= 11 is 1.62. The average molecular weight is 342 g/mol. The van der Waals surface area contributed by atoms with Crippen LogP contribution in [0.2, 0.25) is 0 Å². The van der Waals surface area contributed by atoms with Gasteiger partial charge in [0.2, 0.25) is 11.8 Å². The van der Waals surface area contributed by atoms with E-state index in [4.69, 9.17) is 0 Å². The topological polar surface area (TPSA) is 49.4 Å². The maximum absolute atomic E-state index is 12.5. The third-order valence-electron chi connectivity index (χ3n) is 4.69. The van der Waals surface area contributed by atoms with Crippen molar-refractivity contribution in [1.29, 1.82) is 0 Å². The predicted molar refractivity (Wildman–Crippen MR) is 97.3 cm³/mol. The van der Waals surface area contributed by atoms with Crippen LogP contribution < -0.4 is 10.2 Å². The van der Waals surface area contributed by atoms with Crippen LogP contribution >= 0.6 is 11.3 Å². The van der Waals surface area contributed by atoms with Crippen molar-refractivity contribution in [2.75, 3.05) is 11.4 Å². The fourth-order valence-corrected chi connectivity index (χ4v) is 3.82. The Morgan fingerprint density at radius 3 is 2.79 bits per heavy atom. The number of benzene rings is 1. The van der Waals surface area contributed by atoms with Gasteiger partial charge in [-0.15, -0.1) is 11.3 Å². The van der Waals surface area contributed by atoms with E-state index in [0.29, 0.717) is 6.54 Å². The molecule has 1 saturated heterocycles. The smallest absolute Gasteiger partial charge is 0.227 e. The zero-order valence-corrected chi connectivity index (χ0v) is 15.0. The standard InChI is InChI=1S/C19H22N2O2S/c1-12-6-4-7-16(13(12)2)21-11-15(10-18(21)22)19(23)20-14(3)17-8-5-9-24-17/h4-9,14-15H,10-11H2,1-3H3,(H,20,23). The Balaban J connectivity index is 1.70. The Morgan fingerprint density at radius 1 is 1.29 bits per heavy atom. The SMILES string of the molecule is Cc1cccc(N2CC(C(=O)NC(C)c3cccs3)CC2=O)c1C. The molecule has 2 amide bonds. The molecule has 1 aliphatic rings. The number of aryl methyl sites for hydroxylation is 1. The lowest BCUT2D eigenvalue weighted by molar-refractivity contribution is -0.126.